The first-order valence-electron chi connectivity index (χ1n) is 5.77. The smallest absolute Gasteiger partial charge is 0.0157 e. The van der Waals surface area contributed by atoms with Gasteiger partial charge in [-0.3, -0.25) is 0 Å². The zero-order valence-electron chi connectivity index (χ0n) is 9.56. The van der Waals surface area contributed by atoms with Crippen LogP contribution in [0.2, 0.25) is 0 Å². The molecular formula is C14H20. The van der Waals surface area contributed by atoms with Crippen LogP contribution in [0.1, 0.15) is 53.9 Å². The molecule has 1 aliphatic rings. The second kappa shape index (κ2) is 3.76. The fraction of sp³-hybridized carbons (Fsp3) is 0.571. The van der Waals surface area contributed by atoms with E-state index in [4.69, 9.17) is 0 Å². The first kappa shape index (κ1) is 9.76. The van der Waals surface area contributed by atoms with Crippen LogP contribution in [0.3, 0.4) is 0 Å². The van der Waals surface area contributed by atoms with Crippen LogP contribution < -0.4 is 0 Å². The maximum absolute atomic E-state index is 2.29. The van der Waals surface area contributed by atoms with Crippen molar-refractivity contribution in [2.45, 2.75) is 52.4 Å². The molecule has 0 heteroatoms. The lowest BCUT2D eigenvalue weighted by Crippen LogP contribution is -2.01. The van der Waals surface area contributed by atoms with E-state index >= 15 is 0 Å². The van der Waals surface area contributed by atoms with Gasteiger partial charge in [0.2, 0.25) is 0 Å². The molecule has 1 fully saturated rings. The van der Waals surface area contributed by atoms with Crippen LogP contribution in [0, 0.1) is 20.8 Å². The molecule has 1 aliphatic carbocycles. The Morgan fingerprint density at radius 1 is 0.929 bits per heavy atom. The van der Waals surface area contributed by atoms with Gasteiger partial charge < -0.3 is 0 Å². The summed E-state index contributed by atoms with van der Waals surface area (Å²) >= 11 is 0. The molecule has 1 aromatic carbocycles. The van der Waals surface area contributed by atoms with Crippen molar-refractivity contribution in [2.75, 3.05) is 0 Å². The largest absolute Gasteiger partial charge is 0.0588 e. The third-order valence-electron chi connectivity index (χ3n) is 3.77. The Morgan fingerprint density at radius 2 is 1.50 bits per heavy atom. The summed E-state index contributed by atoms with van der Waals surface area (Å²) in [7, 11) is 0. The standard InChI is InChI=1S/C14H20/c1-10-8-9-11(2)14(12(10)3)13-6-4-5-7-13/h8-9,13H,4-7H2,1-3H3. The van der Waals surface area contributed by atoms with Crippen LogP contribution in [0.4, 0.5) is 0 Å². The fourth-order valence-corrected chi connectivity index (χ4v) is 2.82. The maximum atomic E-state index is 2.29. The summed E-state index contributed by atoms with van der Waals surface area (Å²) in [5, 5.41) is 0. The summed E-state index contributed by atoms with van der Waals surface area (Å²) in [6.45, 7) is 6.78. The Labute approximate surface area is 87.3 Å². The molecule has 0 aromatic heterocycles. The predicted molar refractivity (Wildman–Crippen MR) is 61.9 cm³/mol. The maximum Gasteiger partial charge on any atom is -0.0157 e. The third-order valence-corrected chi connectivity index (χ3v) is 3.77. The number of aryl methyl sites for hydroxylation is 2. The van der Waals surface area contributed by atoms with Crippen LogP contribution in [-0.4, -0.2) is 0 Å². The van der Waals surface area contributed by atoms with Gasteiger partial charge in [0.15, 0.2) is 0 Å². The average Bonchev–Trinajstić information content (AvgIpc) is 2.65. The summed E-state index contributed by atoms with van der Waals surface area (Å²) in [4.78, 5) is 0. The lowest BCUT2D eigenvalue weighted by Gasteiger charge is -2.18. The highest BCUT2D eigenvalue weighted by Gasteiger charge is 2.20. The highest BCUT2D eigenvalue weighted by molar-refractivity contribution is 5.41. The quantitative estimate of drug-likeness (QED) is 0.617. The molecule has 0 saturated heterocycles. The minimum absolute atomic E-state index is 0.856. The van der Waals surface area contributed by atoms with Gasteiger partial charge in [0.25, 0.3) is 0 Å². The highest BCUT2D eigenvalue weighted by Crippen LogP contribution is 2.38. The van der Waals surface area contributed by atoms with Crippen LogP contribution in [0.5, 0.6) is 0 Å². The van der Waals surface area contributed by atoms with Gasteiger partial charge in [0.05, 0.1) is 0 Å². The lowest BCUT2D eigenvalue weighted by molar-refractivity contribution is 0.711. The molecule has 0 bridgehead atoms. The fourth-order valence-electron chi connectivity index (χ4n) is 2.82. The van der Waals surface area contributed by atoms with E-state index in [1.165, 1.54) is 42.4 Å². The van der Waals surface area contributed by atoms with E-state index in [1.807, 2.05) is 0 Å². The van der Waals surface area contributed by atoms with E-state index in [0.29, 0.717) is 0 Å². The zero-order chi connectivity index (χ0) is 10.1. The topological polar surface area (TPSA) is 0 Å². The Hall–Kier alpha value is -0.780. The highest BCUT2D eigenvalue weighted by atomic mass is 14.3. The van der Waals surface area contributed by atoms with Gasteiger partial charge in [0, 0.05) is 0 Å². The summed E-state index contributed by atoms with van der Waals surface area (Å²) in [5.41, 5.74) is 6.15. The minimum Gasteiger partial charge on any atom is -0.0588 e. The lowest BCUT2D eigenvalue weighted by atomic mass is 9.87. The minimum atomic E-state index is 0.856. The van der Waals surface area contributed by atoms with Gasteiger partial charge in [0.1, 0.15) is 0 Å². The molecule has 0 spiro atoms. The molecule has 0 unspecified atom stereocenters. The van der Waals surface area contributed by atoms with Crippen LogP contribution in [0.25, 0.3) is 0 Å². The normalized spacial score (nSPS) is 17.6. The van der Waals surface area contributed by atoms with E-state index in [2.05, 4.69) is 32.9 Å². The molecule has 2 rings (SSSR count). The van der Waals surface area contributed by atoms with Gasteiger partial charge in [-0.2, -0.15) is 0 Å². The van der Waals surface area contributed by atoms with E-state index in [0.717, 1.165) is 5.92 Å². The van der Waals surface area contributed by atoms with E-state index < -0.39 is 0 Å². The molecule has 0 amide bonds. The average molecular weight is 188 g/mol. The Morgan fingerprint density at radius 3 is 2.14 bits per heavy atom. The second-order valence-electron chi connectivity index (χ2n) is 4.72. The summed E-state index contributed by atoms with van der Waals surface area (Å²) in [6, 6.07) is 4.54. The van der Waals surface area contributed by atoms with E-state index in [1.54, 1.807) is 5.56 Å². The first-order valence-corrected chi connectivity index (χ1v) is 5.77. The Bertz CT molecular complexity index is 330. The van der Waals surface area contributed by atoms with Crippen molar-refractivity contribution in [3.63, 3.8) is 0 Å². The molecule has 14 heavy (non-hydrogen) atoms. The SMILES string of the molecule is Cc1ccc(C)c(C2CCCC2)c1C. The Kier molecular flexibility index (Phi) is 2.62. The number of rotatable bonds is 1. The van der Waals surface area contributed by atoms with Gasteiger partial charge in [-0.15, -0.1) is 0 Å². The van der Waals surface area contributed by atoms with Crippen molar-refractivity contribution >= 4 is 0 Å². The summed E-state index contributed by atoms with van der Waals surface area (Å²) in [6.07, 6.45) is 5.67. The van der Waals surface area contributed by atoms with Crippen molar-refractivity contribution in [1.29, 1.82) is 0 Å². The van der Waals surface area contributed by atoms with E-state index in [-0.39, 0.29) is 0 Å². The molecule has 0 radical (unpaired) electrons. The van der Waals surface area contributed by atoms with Crippen LogP contribution in [-0.2, 0) is 0 Å². The third kappa shape index (κ3) is 1.58. The molecule has 0 atom stereocenters. The molecular weight excluding hydrogens is 168 g/mol. The predicted octanol–water partition coefficient (Wildman–Crippen LogP) is 4.27. The van der Waals surface area contributed by atoms with Gasteiger partial charge in [-0.05, 0) is 61.8 Å². The summed E-state index contributed by atoms with van der Waals surface area (Å²) < 4.78 is 0. The summed E-state index contributed by atoms with van der Waals surface area (Å²) in [5.74, 6) is 0.856. The molecule has 1 aromatic rings. The van der Waals surface area contributed by atoms with Crippen molar-refractivity contribution < 1.29 is 0 Å². The molecule has 0 nitrogen and oxygen atoms in total. The van der Waals surface area contributed by atoms with Crippen LogP contribution >= 0.6 is 0 Å². The number of hydrogen-bond acceptors (Lipinski definition) is 0. The molecule has 1 saturated carbocycles. The van der Waals surface area contributed by atoms with Crippen molar-refractivity contribution in [2.24, 2.45) is 0 Å². The zero-order valence-corrected chi connectivity index (χ0v) is 9.56. The molecule has 0 N–H and O–H groups in total. The molecule has 0 heterocycles. The van der Waals surface area contributed by atoms with Crippen molar-refractivity contribution in [1.82, 2.24) is 0 Å². The van der Waals surface area contributed by atoms with Gasteiger partial charge in [-0.25, -0.2) is 0 Å². The van der Waals surface area contributed by atoms with E-state index in [9.17, 15) is 0 Å². The monoisotopic (exact) mass is 188 g/mol. The molecule has 76 valence electrons. The Balaban J connectivity index is 2.44. The molecule has 0 aliphatic heterocycles. The van der Waals surface area contributed by atoms with Gasteiger partial charge >= 0.3 is 0 Å². The van der Waals surface area contributed by atoms with Crippen molar-refractivity contribution in [3.05, 3.63) is 34.4 Å². The van der Waals surface area contributed by atoms with Gasteiger partial charge in [-0.1, -0.05) is 25.0 Å². The van der Waals surface area contributed by atoms with Crippen LogP contribution in [0.15, 0.2) is 12.1 Å². The van der Waals surface area contributed by atoms with Crippen molar-refractivity contribution in [3.8, 4) is 0 Å². The number of benzene rings is 1. The number of hydrogen-bond donors (Lipinski definition) is 0. The first-order chi connectivity index (χ1) is 6.70. The second-order valence-corrected chi connectivity index (χ2v) is 4.72.